The van der Waals surface area contributed by atoms with Gasteiger partial charge >= 0.3 is 6.03 Å². The van der Waals surface area contributed by atoms with Crippen LogP contribution in [0.1, 0.15) is 39.5 Å². The van der Waals surface area contributed by atoms with Gasteiger partial charge in [0.05, 0.1) is 0 Å². The van der Waals surface area contributed by atoms with E-state index in [-0.39, 0.29) is 41.8 Å². The van der Waals surface area contributed by atoms with E-state index in [1.54, 1.807) is 0 Å². The number of halogens is 1. The van der Waals surface area contributed by atoms with Crippen LogP contribution in [0.25, 0.3) is 0 Å². The molecule has 28 heavy (non-hydrogen) atoms. The molecular weight excluding hydrogens is 471 g/mol. The molecule has 3 heterocycles. The Morgan fingerprint density at radius 1 is 1.25 bits per heavy atom. The maximum Gasteiger partial charge on any atom is 0.322 e. The first-order chi connectivity index (χ1) is 12.9. The fraction of sp³-hybridized carbons (Fsp3) is 0.842. The van der Waals surface area contributed by atoms with Crippen molar-refractivity contribution in [3.05, 3.63) is 0 Å². The quantitative estimate of drug-likeness (QED) is 0.231. The lowest BCUT2D eigenvalue weighted by atomic mass is 9.79. The van der Waals surface area contributed by atoms with Gasteiger partial charge in [-0.25, -0.2) is 4.79 Å². The van der Waals surface area contributed by atoms with E-state index in [9.17, 15) is 9.59 Å². The molecule has 3 aliphatic heterocycles. The van der Waals surface area contributed by atoms with Crippen LogP contribution in [-0.2, 0) is 4.79 Å². The van der Waals surface area contributed by atoms with Crippen molar-refractivity contribution >= 4 is 41.9 Å². The molecule has 3 saturated heterocycles. The number of nitrogens with one attached hydrogen (secondary N) is 3. The molecule has 160 valence electrons. The summed E-state index contributed by atoms with van der Waals surface area (Å²) in [6.45, 7) is 10.2. The molecule has 3 rings (SSSR count). The Hall–Kier alpha value is -1.10. The van der Waals surface area contributed by atoms with Crippen molar-refractivity contribution in [1.82, 2.24) is 25.8 Å². The van der Waals surface area contributed by atoms with Gasteiger partial charge in [-0.3, -0.25) is 15.1 Å². The number of hydrogen-bond acceptors (Lipinski definition) is 4. The minimum atomic E-state index is -0.787. The van der Waals surface area contributed by atoms with E-state index >= 15 is 0 Å². The zero-order chi connectivity index (χ0) is 19.4. The molecule has 3 N–H and O–H groups in total. The summed E-state index contributed by atoms with van der Waals surface area (Å²) < 4.78 is 0. The highest BCUT2D eigenvalue weighted by Gasteiger charge is 2.48. The van der Waals surface area contributed by atoms with Gasteiger partial charge in [0.25, 0.3) is 5.91 Å². The van der Waals surface area contributed by atoms with Crippen molar-refractivity contribution in [2.45, 2.75) is 45.1 Å². The number of carbonyl (C=O) groups excluding carboxylic acids is 2. The molecule has 3 fully saturated rings. The number of likely N-dealkylation sites (tertiary alicyclic amines) is 2. The second-order valence-corrected chi connectivity index (χ2v) is 8.39. The third-order valence-electron chi connectivity index (χ3n) is 6.35. The van der Waals surface area contributed by atoms with E-state index in [0.29, 0.717) is 0 Å². The molecule has 0 aromatic rings. The molecule has 0 aromatic heterocycles. The first-order valence-electron chi connectivity index (χ1n) is 10.2. The predicted octanol–water partition coefficient (Wildman–Crippen LogP) is 1.22. The third kappa shape index (κ3) is 5.28. The number of aliphatic imine (C=N–C) groups is 1. The topological polar surface area (TPSA) is 89.1 Å². The number of urea groups is 1. The molecule has 2 atom stereocenters. The van der Waals surface area contributed by atoms with Crippen LogP contribution in [0.4, 0.5) is 4.79 Å². The van der Waals surface area contributed by atoms with Crippen molar-refractivity contribution in [1.29, 1.82) is 0 Å². The SMILES string of the molecule is CN=C(NCCN1CCCC(C)C1)N1CCC(C2(C)NC(=O)NC2=O)CC1.I. The average Bonchev–Trinajstić information content (AvgIpc) is 2.92. The Labute approximate surface area is 185 Å². The fourth-order valence-corrected chi connectivity index (χ4v) is 4.66. The van der Waals surface area contributed by atoms with Gasteiger partial charge in [-0.1, -0.05) is 6.92 Å². The highest BCUT2D eigenvalue weighted by atomic mass is 127. The average molecular weight is 506 g/mol. The van der Waals surface area contributed by atoms with Crippen LogP contribution in [-0.4, -0.2) is 79.6 Å². The number of hydrogen-bond donors (Lipinski definition) is 3. The smallest absolute Gasteiger partial charge is 0.322 e. The number of imide groups is 1. The minimum absolute atomic E-state index is 0. The number of piperidine rings is 2. The number of amides is 3. The van der Waals surface area contributed by atoms with E-state index in [2.05, 4.69) is 37.7 Å². The lowest BCUT2D eigenvalue weighted by Gasteiger charge is -2.40. The van der Waals surface area contributed by atoms with E-state index in [0.717, 1.165) is 50.9 Å². The predicted molar refractivity (Wildman–Crippen MR) is 121 cm³/mol. The van der Waals surface area contributed by atoms with Crippen LogP contribution >= 0.6 is 24.0 Å². The van der Waals surface area contributed by atoms with Crippen LogP contribution in [0.3, 0.4) is 0 Å². The molecule has 8 nitrogen and oxygen atoms in total. The first-order valence-corrected chi connectivity index (χ1v) is 10.2. The summed E-state index contributed by atoms with van der Waals surface area (Å²) in [6, 6.07) is -0.380. The summed E-state index contributed by atoms with van der Waals surface area (Å²) >= 11 is 0. The number of carbonyl (C=O) groups is 2. The summed E-state index contributed by atoms with van der Waals surface area (Å²) in [4.78, 5) is 32.9. The summed E-state index contributed by atoms with van der Waals surface area (Å²) in [5.41, 5.74) is -0.787. The molecule has 3 aliphatic rings. The fourth-order valence-electron chi connectivity index (χ4n) is 4.66. The van der Waals surface area contributed by atoms with Crippen LogP contribution in [0.5, 0.6) is 0 Å². The van der Waals surface area contributed by atoms with E-state index in [1.165, 1.54) is 25.9 Å². The Morgan fingerprint density at radius 2 is 1.96 bits per heavy atom. The van der Waals surface area contributed by atoms with Gasteiger partial charge in [-0.2, -0.15) is 0 Å². The highest BCUT2D eigenvalue weighted by Crippen LogP contribution is 2.30. The molecule has 0 aromatic carbocycles. The van der Waals surface area contributed by atoms with Crippen LogP contribution in [0.15, 0.2) is 4.99 Å². The second-order valence-electron chi connectivity index (χ2n) is 8.39. The molecular formula is C19H35IN6O2. The van der Waals surface area contributed by atoms with Gasteiger partial charge in [-0.15, -0.1) is 24.0 Å². The normalized spacial score (nSPS) is 29.9. The standard InChI is InChI=1S/C19H34N6O2.HI/c1-14-5-4-9-24(13-14)12-8-21-17(20-3)25-10-6-15(7-11-25)19(2)16(26)22-18(27)23-19;/h14-15H,4-13H2,1-3H3,(H,20,21)(H2,22,23,26,27);1H. The van der Waals surface area contributed by atoms with Crippen molar-refractivity contribution in [3.63, 3.8) is 0 Å². The van der Waals surface area contributed by atoms with E-state index < -0.39 is 5.54 Å². The maximum absolute atomic E-state index is 12.1. The summed E-state index contributed by atoms with van der Waals surface area (Å²) in [5, 5.41) is 8.68. The molecule has 0 radical (unpaired) electrons. The number of guanidine groups is 1. The molecule has 0 spiro atoms. The Morgan fingerprint density at radius 3 is 2.54 bits per heavy atom. The number of nitrogens with zero attached hydrogens (tertiary/aromatic N) is 3. The van der Waals surface area contributed by atoms with Gasteiger partial charge < -0.3 is 20.4 Å². The summed E-state index contributed by atoms with van der Waals surface area (Å²) in [5.74, 6) is 1.67. The zero-order valence-electron chi connectivity index (χ0n) is 17.3. The molecule has 9 heteroatoms. The largest absolute Gasteiger partial charge is 0.355 e. The highest BCUT2D eigenvalue weighted by molar-refractivity contribution is 14.0. The lowest BCUT2D eigenvalue weighted by Crippen LogP contribution is -2.55. The van der Waals surface area contributed by atoms with Gasteiger partial charge in [-0.05, 0) is 51.0 Å². The van der Waals surface area contributed by atoms with Crippen molar-refractivity contribution in [3.8, 4) is 0 Å². The Kier molecular flexibility index (Phi) is 8.35. The summed E-state index contributed by atoms with van der Waals surface area (Å²) in [6.07, 6.45) is 4.35. The first kappa shape index (κ1) is 23.2. The van der Waals surface area contributed by atoms with Gasteiger partial charge in [0.15, 0.2) is 5.96 Å². The molecule has 3 amide bonds. The molecule has 0 saturated carbocycles. The summed E-state index contributed by atoms with van der Waals surface area (Å²) in [7, 11) is 1.82. The Balaban J connectivity index is 0.00000280. The van der Waals surface area contributed by atoms with Gasteiger partial charge in [0.2, 0.25) is 0 Å². The minimum Gasteiger partial charge on any atom is -0.355 e. The molecule has 0 bridgehead atoms. The van der Waals surface area contributed by atoms with E-state index in [1.807, 2.05) is 14.0 Å². The van der Waals surface area contributed by atoms with Crippen molar-refractivity contribution in [2.24, 2.45) is 16.8 Å². The third-order valence-corrected chi connectivity index (χ3v) is 6.35. The molecule has 0 aliphatic carbocycles. The van der Waals surface area contributed by atoms with Crippen LogP contribution < -0.4 is 16.0 Å². The lowest BCUT2D eigenvalue weighted by molar-refractivity contribution is -0.125. The van der Waals surface area contributed by atoms with Crippen LogP contribution in [0, 0.1) is 11.8 Å². The molecule has 2 unspecified atom stereocenters. The second kappa shape index (κ2) is 10.1. The zero-order valence-corrected chi connectivity index (χ0v) is 19.6. The van der Waals surface area contributed by atoms with Gasteiger partial charge in [0, 0.05) is 39.8 Å². The number of rotatable bonds is 4. The van der Waals surface area contributed by atoms with Crippen LogP contribution in [0.2, 0.25) is 0 Å². The van der Waals surface area contributed by atoms with Crippen molar-refractivity contribution < 1.29 is 9.59 Å². The van der Waals surface area contributed by atoms with Gasteiger partial charge in [0.1, 0.15) is 5.54 Å². The monoisotopic (exact) mass is 506 g/mol. The maximum atomic E-state index is 12.1. The van der Waals surface area contributed by atoms with Crippen molar-refractivity contribution in [2.75, 3.05) is 46.3 Å². The van der Waals surface area contributed by atoms with E-state index in [4.69, 9.17) is 0 Å². The Bertz CT molecular complexity index is 593.